The first-order chi connectivity index (χ1) is 13.0. The van der Waals surface area contributed by atoms with Crippen LogP contribution in [0.15, 0.2) is 53.4 Å². The molecule has 1 N–H and O–H groups in total. The lowest BCUT2D eigenvalue weighted by Crippen LogP contribution is -2.23. The average molecular weight is 422 g/mol. The molecular weight excluding hydrogens is 398 g/mol. The van der Waals surface area contributed by atoms with Crippen LogP contribution in [-0.2, 0) is 14.8 Å². The number of carbonyl (C=O) groups is 1. The first-order valence-electron chi connectivity index (χ1n) is 8.52. The topological polar surface area (TPSA) is 69.7 Å². The predicted octanol–water partition coefficient (Wildman–Crippen LogP) is 3.70. The lowest BCUT2D eigenvalue weighted by molar-refractivity contribution is -0.111. The fraction of sp³-hybridized carbons (Fsp3) is 0.250. The Bertz CT molecular complexity index is 1020. The molecular formula is C20H24ClN3O3S. The molecule has 0 fully saturated rings. The third kappa shape index (κ3) is 4.92. The highest BCUT2D eigenvalue weighted by molar-refractivity contribution is 7.89. The van der Waals surface area contributed by atoms with Gasteiger partial charge in [-0.2, -0.15) is 0 Å². The van der Waals surface area contributed by atoms with Gasteiger partial charge in [-0.3, -0.25) is 4.79 Å². The Balaban J connectivity index is 2.39. The normalized spacial score (nSPS) is 12.2. The summed E-state index contributed by atoms with van der Waals surface area (Å²) in [5, 5.41) is 3.33. The summed E-state index contributed by atoms with van der Waals surface area (Å²) < 4.78 is 26.0. The summed E-state index contributed by atoms with van der Waals surface area (Å²) in [7, 11) is 2.94. The second-order valence-corrected chi connectivity index (χ2v) is 9.22. The number of benzene rings is 2. The van der Waals surface area contributed by atoms with Gasteiger partial charge >= 0.3 is 0 Å². The van der Waals surface area contributed by atoms with Crippen LogP contribution in [0.3, 0.4) is 0 Å². The van der Waals surface area contributed by atoms with E-state index in [9.17, 15) is 13.2 Å². The van der Waals surface area contributed by atoms with Crippen LogP contribution >= 0.6 is 11.6 Å². The highest BCUT2D eigenvalue weighted by atomic mass is 35.5. The number of halogens is 1. The summed E-state index contributed by atoms with van der Waals surface area (Å²) in [4.78, 5) is 14.5. The molecule has 0 aliphatic carbocycles. The number of anilines is 2. The van der Waals surface area contributed by atoms with E-state index in [-0.39, 0.29) is 10.8 Å². The highest BCUT2D eigenvalue weighted by Crippen LogP contribution is 2.29. The number of allylic oxidation sites excluding steroid dienone is 1. The zero-order valence-electron chi connectivity index (χ0n) is 16.5. The van der Waals surface area contributed by atoms with Crippen molar-refractivity contribution >= 4 is 44.5 Å². The first kappa shape index (κ1) is 21.9. The Hall–Kier alpha value is -2.35. The molecule has 1 amide bonds. The minimum absolute atomic E-state index is 0.102. The molecule has 0 atom stereocenters. The fourth-order valence-electron chi connectivity index (χ4n) is 2.60. The number of amides is 1. The lowest BCUT2D eigenvalue weighted by atomic mass is 10.1. The zero-order valence-corrected chi connectivity index (χ0v) is 18.1. The minimum atomic E-state index is -3.62. The lowest BCUT2D eigenvalue weighted by Gasteiger charge is -2.20. The van der Waals surface area contributed by atoms with Gasteiger partial charge in [-0.05, 0) is 42.3 Å². The maximum atomic E-state index is 12.6. The minimum Gasteiger partial charge on any atom is -0.376 e. The van der Waals surface area contributed by atoms with Gasteiger partial charge in [0.1, 0.15) is 0 Å². The summed E-state index contributed by atoms with van der Waals surface area (Å²) >= 11 is 6.18. The van der Waals surface area contributed by atoms with Gasteiger partial charge in [0.25, 0.3) is 0 Å². The van der Waals surface area contributed by atoms with Crippen molar-refractivity contribution < 1.29 is 13.2 Å². The van der Waals surface area contributed by atoms with Crippen molar-refractivity contribution in [2.24, 2.45) is 0 Å². The second kappa shape index (κ2) is 8.77. The Labute approximate surface area is 171 Å². The van der Waals surface area contributed by atoms with E-state index >= 15 is 0 Å². The van der Waals surface area contributed by atoms with Crippen molar-refractivity contribution in [1.29, 1.82) is 0 Å². The Morgan fingerprint density at radius 2 is 1.71 bits per heavy atom. The molecule has 28 heavy (non-hydrogen) atoms. The third-order valence-electron chi connectivity index (χ3n) is 4.13. The molecule has 8 heteroatoms. The number of hydrogen-bond acceptors (Lipinski definition) is 4. The van der Waals surface area contributed by atoms with Crippen molar-refractivity contribution in [3.63, 3.8) is 0 Å². The van der Waals surface area contributed by atoms with Crippen LogP contribution in [0.25, 0.3) is 5.57 Å². The van der Waals surface area contributed by atoms with Gasteiger partial charge in [0.05, 0.1) is 16.3 Å². The molecule has 0 radical (unpaired) electrons. The van der Waals surface area contributed by atoms with Crippen LogP contribution in [0.1, 0.15) is 12.5 Å². The van der Waals surface area contributed by atoms with Gasteiger partial charge in [-0.25, -0.2) is 12.7 Å². The summed E-state index contributed by atoms with van der Waals surface area (Å²) in [6.07, 6.45) is 1.44. The fourth-order valence-corrected chi connectivity index (χ4v) is 3.81. The number of hydrogen-bond donors (Lipinski definition) is 1. The van der Waals surface area contributed by atoms with E-state index in [2.05, 4.69) is 5.32 Å². The SMILES string of the molecule is CC(=CC(=O)Nc1cc(S(=O)(=O)N(C)C)ccc1N(C)C)c1ccccc1Cl. The largest absolute Gasteiger partial charge is 0.376 e. The van der Waals surface area contributed by atoms with Gasteiger partial charge in [-0.15, -0.1) is 0 Å². The standard InChI is InChI=1S/C20H24ClN3O3S/c1-14(16-8-6-7-9-17(16)21)12-20(25)22-18-13-15(28(26,27)24(4)5)10-11-19(18)23(2)3/h6-13H,1-5H3,(H,22,25). The first-order valence-corrected chi connectivity index (χ1v) is 10.3. The molecule has 150 valence electrons. The smallest absolute Gasteiger partial charge is 0.248 e. The van der Waals surface area contributed by atoms with Crippen molar-refractivity contribution in [3.8, 4) is 0 Å². The van der Waals surface area contributed by atoms with E-state index in [4.69, 9.17) is 11.6 Å². The summed E-state index contributed by atoms with van der Waals surface area (Å²) in [5.41, 5.74) is 2.55. The van der Waals surface area contributed by atoms with E-state index in [1.54, 1.807) is 24.0 Å². The average Bonchev–Trinajstić information content (AvgIpc) is 2.61. The zero-order chi connectivity index (χ0) is 21.1. The molecule has 0 heterocycles. The third-order valence-corrected chi connectivity index (χ3v) is 6.27. The highest BCUT2D eigenvalue weighted by Gasteiger charge is 2.20. The van der Waals surface area contributed by atoms with Gasteiger partial charge < -0.3 is 10.2 Å². The Morgan fingerprint density at radius 3 is 2.29 bits per heavy atom. The quantitative estimate of drug-likeness (QED) is 0.722. The molecule has 0 saturated heterocycles. The maximum Gasteiger partial charge on any atom is 0.248 e. The Morgan fingerprint density at radius 1 is 1.07 bits per heavy atom. The molecule has 0 aromatic heterocycles. The van der Waals surface area contributed by atoms with Crippen molar-refractivity contribution in [1.82, 2.24) is 4.31 Å². The number of nitrogens with one attached hydrogen (secondary N) is 1. The molecule has 0 unspecified atom stereocenters. The summed E-state index contributed by atoms with van der Waals surface area (Å²) in [5.74, 6) is -0.375. The van der Waals surface area contributed by atoms with E-state index in [1.165, 1.54) is 32.3 Å². The Kier molecular flexibility index (Phi) is 6.87. The molecule has 0 bridgehead atoms. The van der Waals surface area contributed by atoms with Crippen LogP contribution in [0.5, 0.6) is 0 Å². The van der Waals surface area contributed by atoms with E-state index in [1.807, 2.05) is 32.3 Å². The van der Waals surface area contributed by atoms with Gasteiger partial charge in [-0.1, -0.05) is 29.8 Å². The molecule has 0 saturated carbocycles. The van der Waals surface area contributed by atoms with E-state index in [0.717, 1.165) is 9.87 Å². The number of rotatable bonds is 6. The van der Waals surface area contributed by atoms with Crippen molar-refractivity contribution in [3.05, 3.63) is 59.1 Å². The van der Waals surface area contributed by atoms with E-state index in [0.29, 0.717) is 22.0 Å². The van der Waals surface area contributed by atoms with Crippen LogP contribution < -0.4 is 10.2 Å². The van der Waals surface area contributed by atoms with Crippen LogP contribution in [0, 0.1) is 0 Å². The maximum absolute atomic E-state index is 12.6. The molecule has 0 aliphatic rings. The van der Waals surface area contributed by atoms with Crippen LogP contribution in [0.2, 0.25) is 5.02 Å². The molecule has 0 spiro atoms. The van der Waals surface area contributed by atoms with Crippen molar-refractivity contribution in [2.75, 3.05) is 38.4 Å². The van der Waals surface area contributed by atoms with E-state index < -0.39 is 10.0 Å². The number of nitrogens with zero attached hydrogens (tertiary/aromatic N) is 2. The summed E-state index contributed by atoms with van der Waals surface area (Å²) in [6.45, 7) is 1.79. The molecule has 2 rings (SSSR count). The second-order valence-electron chi connectivity index (χ2n) is 6.66. The monoisotopic (exact) mass is 421 g/mol. The molecule has 2 aromatic carbocycles. The molecule has 6 nitrogen and oxygen atoms in total. The van der Waals surface area contributed by atoms with Gasteiger partial charge in [0, 0.05) is 39.3 Å². The van der Waals surface area contributed by atoms with Crippen molar-refractivity contribution in [2.45, 2.75) is 11.8 Å². The predicted molar refractivity (Wildman–Crippen MR) is 115 cm³/mol. The van der Waals surface area contributed by atoms with Gasteiger partial charge in [0.15, 0.2) is 0 Å². The summed E-state index contributed by atoms with van der Waals surface area (Å²) in [6, 6.07) is 11.9. The van der Waals surface area contributed by atoms with Crippen LogP contribution in [-0.4, -0.2) is 46.8 Å². The van der Waals surface area contributed by atoms with Crippen LogP contribution in [0.4, 0.5) is 11.4 Å². The number of carbonyl (C=O) groups excluding carboxylic acids is 1. The molecule has 0 aliphatic heterocycles. The number of sulfonamides is 1. The van der Waals surface area contributed by atoms with Gasteiger partial charge in [0.2, 0.25) is 15.9 Å². The molecule has 2 aromatic rings.